The third kappa shape index (κ3) is 5.45. The summed E-state index contributed by atoms with van der Waals surface area (Å²) in [6.07, 6.45) is 3.98. The third-order valence-corrected chi connectivity index (χ3v) is 4.72. The number of carbonyl (C=O) groups excluding carboxylic acids is 2. The summed E-state index contributed by atoms with van der Waals surface area (Å²) in [4.78, 5) is 30.3. The van der Waals surface area contributed by atoms with Crippen LogP contribution in [0.15, 0.2) is 12.4 Å². The maximum absolute atomic E-state index is 10.6. The van der Waals surface area contributed by atoms with Crippen molar-refractivity contribution >= 4 is 34.7 Å². The molecule has 0 aromatic carbocycles. The maximum atomic E-state index is 10.6. The van der Waals surface area contributed by atoms with E-state index in [0.717, 1.165) is 16.2 Å². The van der Waals surface area contributed by atoms with Gasteiger partial charge in [-0.15, -0.1) is 22.7 Å². The zero-order chi connectivity index (χ0) is 16.0. The van der Waals surface area contributed by atoms with Crippen LogP contribution in [0.4, 0.5) is 0 Å². The first-order valence-electron chi connectivity index (χ1n) is 6.26. The molecule has 0 aliphatic rings. The largest absolute Gasteiger partial charge is 0.391 e. The minimum absolute atomic E-state index is 0.0368. The van der Waals surface area contributed by atoms with Crippen LogP contribution in [0.25, 0.3) is 0 Å². The quantitative estimate of drug-likeness (QED) is 0.692. The Kier molecular flexibility index (Phi) is 6.32. The van der Waals surface area contributed by atoms with E-state index in [1.165, 1.54) is 35.8 Å². The summed E-state index contributed by atoms with van der Waals surface area (Å²) in [5.74, 6) is -0.0512. The lowest BCUT2D eigenvalue weighted by Crippen LogP contribution is -2.09. The number of aliphatic hydroxyl groups excluding tert-OH is 1. The number of thiazole rings is 2. The van der Waals surface area contributed by atoms with Crippen molar-refractivity contribution in [3.63, 3.8) is 0 Å². The first-order valence-corrected chi connectivity index (χ1v) is 7.89. The molecule has 0 aliphatic carbocycles. The highest BCUT2D eigenvalue weighted by Crippen LogP contribution is 2.25. The molecule has 0 atom stereocenters. The van der Waals surface area contributed by atoms with Gasteiger partial charge >= 0.3 is 0 Å². The molecule has 2 rings (SSSR count). The van der Waals surface area contributed by atoms with Gasteiger partial charge in [0, 0.05) is 24.7 Å². The fourth-order valence-electron chi connectivity index (χ4n) is 1.23. The van der Waals surface area contributed by atoms with Gasteiger partial charge in [-0.25, -0.2) is 9.97 Å². The standard InChI is InChI=1S/C8H11NOS.C6H7NO2S/c1-8(2,3)7-9-4-6(5-10)11-7;1-4(9)6-7-2-5(3-8)10-6/h4-5H,1-3H3;2,8H,3H2,1H3. The van der Waals surface area contributed by atoms with E-state index >= 15 is 0 Å². The lowest BCUT2D eigenvalue weighted by atomic mass is 9.98. The van der Waals surface area contributed by atoms with Crippen LogP contribution in [0.1, 0.15) is 57.1 Å². The third-order valence-electron chi connectivity index (χ3n) is 2.29. The van der Waals surface area contributed by atoms with Gasteiger partial charge in [-0.05, 0) is 0 Å². The topological polar surface area (TPSA) is 80.2 Å². The van der Waals surface area contributed by atoms with Crippen molar-refractivity contribution in [2.24, 2.45) is 0 Å². The van der Waals surface area contributed by atoms with E-state index in [2.05, 4.69) is 30.7 Å². The van der Waals surface area contributed by atoms with Gasteiger partial charge in [-0.3, -0.25) is 9.59 Å². The number of rotatable bonds is 3. The van der Waals surface area contributed by atoms with Gasteiger partial charge in [0.15, 0.2) is 17.1 Å². The number of aldehydes is 1. The molecule has 2 heterocycles. The molecule has 0 saturated heterocycles. The van der Waals surface area contributed by atoms with E-state index in [-0.39, 0.29) is 17.8 Å². The second kappa shape index (κ2) is 7.53. The summed E-state index contributed by atoms with van der Waals surface area (Å²) in [6, 6.07) is 0. The predicted molar refractivity (Wildman–Crippen MR) is 84.2 cm³/mol. The van der Waals surface area contributed by atoms with Crippen molar-refractivity contribution in [2.75, 3.05) is 0 Å². The first-order chi connectivity index (χ1) is 9.77. The van der Waals surface area contributed by atoms with E-state index in [9.17, 15) is 9.59 Å². The average molecular weight is 326 g/mol. The monoisotopic (exact) mass is 326 g/mol. The van der Waals surface area contributed by atoms with Gasteiger partial charge in [0.1, 0.15) is 0 Å². The van der Waals surface area contributed by atoms with Crippen LogP contribution in [0.3, 0.4) is 0 Å². The van der Waals surface area contributed by atoms with Gasteiger partial charge < -0.3 is 5.11 Å². The Labute approximate surface area is 131 Å². The fourth-order valence-corrected chi connectivity index (χ4v) is 2.69. The number of ketones is 1. The highest BCUT2D eigenvalue weighted by Gasteiger charge is 2.17. The Hall–Kier alpha value is -1.44. The van der Waals surface area contributed by atoms with Crippen LogP contribution in [0.2, 0.25) is 0 Å². The van der Waals surface area contributed by atoms with Gasteiger partial charge in [-0.2, -0.15) is 0 Å². The minimum atomic E-state index is -0.0512. The molecule has 0 aliphatic heterocycles. The van der Waals surface area contributed by atoms with Crippen LogP contribution in [0, 0.1) is 0 Å². The molecule has 21 heavy (non-hydrogen) atoms. The number of aromatic nitrogens is 2. The lowest BCUT2D eigenvalue weighted by Gasteiger charge is -2.13. The van der Waals surface area contributed by atoms with Crippen molar-refractivity contribution in [3.8, 4) is 0 Å². The Bertz CT molecular complexity index is 612. The number of aliphatic hydroxyl groups is 1. The Balaban J connectivity index is 0.000000211. The Morgan fingerprint density at radius 1 is 1.29 bits per heavy atom. The minimum Gasteiger partial charge on any atom is -0.391 e. The van der Waals surface area contributed by atoms with Crippen molar-refractivity contribution in [2.45, 2.75) is 39.7 Å². The highest BCUT2D eigenvalue weighted by molar-refractivity contribution is 7.13. The molecule has 0 amide bonds. The van der Waals surface area contributed by atoms with Gasteiger partial charge in [0.2, 0.25) is 0 Å². The number of hydrogen-bond donors (Lipinski definition) is 1. The van der Waals surface area contributed by atoms with Crippen LogP contribution >= 0.6 is 22.7 Å². The van der Waals surface area contributed by atoms with Crippen LogP contribution < -0.4 is 0 Å². The first kappa shape index (κ1) is 17.6. The smallest absolute Gasteiger partial charge is 0.188 e. The predicted octanol–water partition coefficient (Wildman–Crippen LogP) is 3.09. The molecule has 0 fully saturated rings. The van der Waals surface area contributed by atoms with E-state index in [0.29, 0.717) is 9.88 Å². The van der Waals surface area contributed by atoms with Crippen LogP contribution in [-0.4, -0.2) is 27.1 Å². The second-order valence-electron chi connectivity index (χ2n) is 5.28. The Morgan fingerprint density at radius 3 is 2.24 bits per heavy atom. The fraction of sp³-hybridized carbons (Fsp3) is 0.429. The van der Waals surface area contributed by atoms with Crippen molar-refractivity contribution in [1.82, 2.24) is 9.97 Å². The molecule has 2 aromatic rings. The molecular weight excluding hydrogens is 308 g/mol. The van der Waals surface area contributed by atoms with Crippen molar-refractivity contribution < 1.29 is 14.7 Å². The van der Waals surface area contributed by atoms with Gasteiger partial charge in [-0.1, -0.05) is 20.8 Å². The summed E-state index contributed by atoms with van der Waals surface area (Å²) in [7, 11) is 0. The van der Waals surface area contributed by atoms with E-state index in [1.54, 1.807) is 6.20 Å². The zero-order valence-corrected chi connectivity index (χ0v) is 14.0. The molecular formula is C14H18N2O3S2. The van der Waals surface area contributed by atoms with Gasteiger partial charge in [0.05, 0.1) is 21.4 Å². The SMILES string of the molecule is CC(=O)c1ncc(CO)s1.CC(C)(C)c1ncc(C=O)s1. The lowest BCUT2D eigenvalue weighted by molar-refractivity contribution is 0.101. The highest BCUT2D eigenvalue weighted by atomic mass is 32.1. The van der Waals surface area contributed by atoms with Crippen LogP contribution in [0.5, 0.6) is 0 Å². The molecule has 1 N–H and O–H groups in total. The van der Waals surface area contributed by atoms with Crippen molar-refractivity contribution in [1.29, 1.82) is 0 Å². The van der Waals surface area contributed by atoms with Gasteiger partial charge in [0.25, 0.3) is 0 Å². The normalized spacial score (nSPS) is 10.7. The molecule has 0 spiro atoms. The summed E-state index contributed by atoms with van der Waals surface area (Å²) in [6.45, 7) is 7.67. The molecule has 2 aromatic heterocycles. The molecule has 0 radical (unpaired) electrons. The van der Waals surface area contributed by atoms with E-state index in [4.69, 9.17) is 5.11 Å². The summed E-state index contributed by atoms with van der Waals surface area (Å²) in [5.41, 5.74) is 0.0614. The average Bonchev–Trinajstić information content (AvgIpc) is 3.07. The number of carbonyl (C=O) groups is 2. The molecule has 0 bridgehead atoms. The maximum Gasteiger partial charge on any atom is 0.188 e. The van der Waals surface area contributed by atoms with E-state index < -0.39 is 0 Å². The summed E-state index contributed by atoms with van der Waals surface area (Å²) >= 11 is 2.69. The Morgan fingerprint density at radius 2 is 1.95 bits per heavy atom. The van der Waals surface area contributed by atoms with E-state index in [1.807, 2.05) is 0 Å². The van der Waals surface area contributed by atoms with Crippen LogP contribution in [-0.2, 0) is 12.0 Å². The molecule has 5 nitrogen and oxygen atoms in total. The number of Topliss-reactive ketones (excluding diaryl/α,β-unsaturated/α-hetero) is 1. The summed E-state index contributed by atoms with van der Waals surface area (Å²) < 4.78 is 0. The van der Waals surface area contributed by atoms with Crippen molar-refractivity contribution in [3.05, 3.63) is 32.2 Å². The molecule has 114 valence electrons. The second-order valence-corrected chi connectivity index (χ2v) is 7.46. The number of nitrogens with zero attached hydrogens (tertiary/aromatic N) is 2. The zero-order valence-electron chi connectivity index (χ0n) is 12.4. The molecule has 0 saturated carbocycles. The molecule has 0 unspecified atom stereocenters. The number of hydrogen-bond acceptors (Lipinski definition) is 7. The molecule has 7 heteroatoms. The summed E-state index contributed by atoms with van der Waals surface area (Å²) in [5, 5.41) is 10.1.